The second-order valence-corrected chi connectivity index (χ2v) is 5.67. The van der Waals surface area contributed by atoms with E-state index < -0.39 is 11.4 Å². The molecule has 1 heterocycles. The second-order valence-electron chi connectivity index (χ2n) is 5.67. The van der Waals surface area contributed by atoms with Gasteiger partial charge in [-0.05, 0) is 24.7 Å². The Kier molecular flexibility index (Phi) is 4.42. The lowest BCUT2D eigenvalue weighted by atomic mass is 9.69. The third kappa shape index (κ3) is 3.59. The molecule has 1 aliphatic carbocycles. The Labute approximate surface area is 118 Å². The average molecular weight is 278 g/mol. The van der Waals surface area contributed by atoms with Crippen LogP contribution in [-0.4, -0.2) is 21.7 Å². The highest BCUT2D eigenvalue weighted by Crippen LogP contribution is 2.42. The molecule has 2 rings (SSSR count). The molecular weight excluding hydrogens is 258 g/mol. The van der Waals surface area contributed by atoms with Crippen molar-refractivity contribution in [1.29, 1.82) is 0 Å². The number of hydrogen-bond acceptors (Lipinski definition) is 4. The van der Waals surface area contributed by atoms with Crippen molar-refractivity contribution >= 4 is 17.7 Å². The second kappa shape index (κ2) is 6.07. The molecule has 0 atom stereocenters. The minimum atomic E-state index is -1.07. The summed E-state index contributed by atoms with van der Waals surface area (Å²) in [4.78, 5) is 23.1. The summed E-state index contributed by atoms with van der Waals surface area (Å²) in [5, 5.41) is 17.7. The highest BCUT2D eigenvalue weighted by Gasteiger charge is 2.34. The van der Waals surface area contributed by atoms with E-state index in [2.05, 4.69) is 10.4 Å². The van der Waals surface area contributed by atoms with Crippen molar-refractivity contribution in [1.82, 2.24) is 9.78 Å². The van der Waals surface area contributed by atoms with Crippen LogP contribution >= 0.6 is 0 Å². The summed E-state index contributed by atoms with van der Waals surface area (Å²) in [7, 11) is 1.74. The Balaban J connectivity index is 2.01. The number of aryl methyl sites for hydroxylation is 1. The Morgan fingerprint density at radius 2 is 2.05 bits per heavy atom. The molecule has 0 radical (unpaired) electrons. The van der Waals surface area contributed by atoms with Crippen LogP contribution in [0.4, 0.5) is 5.82 Å². The fraction of sp³-hybridized carbons (Fsp3) is 0.643. The van der Waals surface area contributed by atoms with Crippen LogP contribution < -0.4 is 10.4 Å². The van der Waals surface area contributed by atoms with Gasteiger partial charge in [0.1, 0.15) is 5.82 Å². The Morgan fingerprint density at radius 3 is 2.60 bits per heavy atom. The van der Waals surface area contributed by atoms with Crippen molar-refractivity contribution in [2.75, 3.05) is 5.32 Å². The van der Waals surface area contributed by atoms with Gasteiger partial charge in [-0.2, -0.15) is 5.10 Å². The predicted octanol–water partition coefficient (Wildman–Crippen LogP) is 0.839. The van der Waals surface area contributed by atoms with E-state index in [1.165, 1.54) is 0 Å². The van der Waals surface area contributed by atoms with Gasteiger partial charge in [-0.3, -0.25) is 9.48 Å². The van der Waals surface area contributed by atoms with Gasteiger partial charge >= 0.3 is 0 Å². The van der Waals surface area contributed by atoms with Crippen LogP contribution in [0, 0.1) is 5.41 Å². The van der Waals surface area contributed by atoms with Crippen molar-refractivity contribution in [3.8, 4) is 0 Å². The van der Waals surface area contributed by atoms with Gasteiger partial charge in [0.15, 0.2) is 0 Å². The number of hydrogen-bond donors (Lipinski definition) is 1. The van der Waals surface area contributed by atoms with E-state index in [-0.39, 0.29) is 18.7 Å². The maximum Gasteiger partial charge on any atom is 0.226 e. The number of nitrogens with zero attached hydrogens (tertiary/aromatic N) is 2. The van der Waals surface area contributed by atoms with E-state index >= 15 is 0 Å². The van der Waals surface area contributed by atoms with Crippen LogP contribution in [0.5, 0.6) is 0 Å². The van der Waals surface area contributed by atoms with Gasteiger partial charge in [0.2, 0.25) is 5.91 Å². The van der Waals surface area contributed by atoms with E-state index in [4.69, 9.17) is 0 Å². The number of aliphatic carboxylic acids is 1. The van der Waals surface area contributed by atoms with Gasteiger partial charge in [0.25, 0.3) is 0 Å². The maximum atomic E-state index is 12.2. The number of anilines is 1. The number of amides is 1. The van der Waals surface area contributed by atoms with Gasteiger partial charge < -0.3 is 15.2 Å². The summed E-state index contributed by atoms with van der Waals surface area (Å²) in [6.45, 7) is 0. The molecule has 0 aromatic carbocycles. The summed E-state index contributed by atoms with van der Waals surface area (Å²) >= 11 is 0. The molecule has 0 bridgehead atoms. The van der Waals surface area contributed by atoms with Crippen molar-refractivity contribution in [2.24, 2.45) is 12.5 Å². The van der Waals surface area contributed by atoms with Gasteiger partial charge in [0, 0.05) is 25.5 Å². The number of nitrogens with one attached hydrogen (secondary N) is 1. The number of aromatic nitrogens is 2. The number of rotatable bonds is 5. The zero-order valence-electron chi connectivity index (χ0n) is 11.7. The lowest BCUT2D eigenvalue weighted by Gasteiger charge is -2.37. The molecule has 1 fully saturated rings. The van der Waals surface area contributed by atoms with E-state index in [0.29, 0.717) is 5.82 Å². The summed E-state index contributed by atoms with van der Waals surface area (Å²) in [6.07, 6.45) is 6.42. The van der Waals surface area contributed by atoms with Crippen LogP contribution in [0.15, 0.2) is 12.3 Å². The molecule has 6 heteroatoms. The van der Waals surface area contributed by atoms with Crippen LogP contribution in [0.25, 0.3) is 0 Å². The monoisotopic (exact) mass is 278 g/mol. The SMILES string of the molecule is Cn1nccc1NC(=O)CC1(CC(=O)[O-])CCCCC1. The first-order valence-corrected chi connectivity index (χ1v) is 6.98. The lowest BCUT2D eigenvalue weighted by molar-refractivity contribution is -0.308. The predicted molar refractivity (Wildman–Crippen MR) is 71.6 cm³/mol. The fourth-order valence-electron chi connectivity index (χ4n) is 3.05. The molecule has 1 saturated carbocycles. The minimum absolute atomic E-state index is 0.0359. The maximum absolute atomic E-state index is 12.2. The smallest absolute Gasteiger partial charge is 0.226 e. The Morgan fingerprint density at radius 1 is 1.35 bits per heavy atom. The van der Waals surface area contributed by atoms with Crippen molar-refractivity contribution < 1.29 is 14.7 Å². The summed E-state index contributed by atoms with van der Waals surface area (Å²) < 4.78 is 1.57. The number of carboxylic acids is 1. The molecule has 1 N–H and O–H groups in total. The van der Waals surface area contributed by atoms with Gasteiger partial charge in [-0.15, -0.1) is 0 Å². The molecule has 0 unspecified atom stereocenters. The fourth-order valence-corrected chi connectivity index (χ4v) is 3.05. The summed E-state index contributed by atoms with van der Waals surface area (Å²) in [6, 6.07) is 1.71. The molecule has 1 aromatic rings. The average Bonchev–Trinajstić information content (AvgIpc) is 2.74. The van der Waals surface area contributed by atoms with Crippen LogP contribution in [-0.2, 0) is 16.6 Å². The Bertz CT molecular complexity index is 490. The third-order valence-corrected chi connectivity index (χ3v) is 4.06. The van der Waals surface area contributed by atoms with Crippen molar-refractivity contribution in [3.63, 3.8) is 0 Å². The largest absolute Gasteiger partial charge is 0.550 e. The molecule has 0 spiro atoms. The summed E-state index contributed by atoms with van der Waals surface area (Å²) in [5.74, 6) is -0.605. The summed E-state index contributed by atoms with van der Waals surface area (Å²) in [5.41, 5.74) is -0.445. The van der Waals surface area contributed by atoms with Gasteiger partial charge in [0.05, 0.1) is 6.20 Å². The number of carbonyl (C=O) groups excluding carboxylic acids is 2. The van der Waals surface area contributed by atoms with E-state index in [0.717, 1.165) is 32.1 Å². The zero-order chi connectivity index (χ0) is 14.6. The molecule has 1 amide bonds. The molecule has 0 aliphatic heterocycles. The van der Waals surface area contributed by atoms with Crippen molar-refractivity contribution in [2.45, 2.75) is 44.9 Å². The van der Waals surface area contributed by atoms with Gasteiger partial charge in [-0.1, -0.05) is 19.3 Å². The zero-order valence-corrected chi connectivity index (χ0v) is 11.7. The number of carboxylic acid groups (broad SMARTS) is 1. The van der Waals surface area contributed by atoms with E-state index in [9.17, 15) is 14.7 Å². The first-order valence-electron chi connectivity index (χ1n) is 6.98. The standard InChI is InChI=1S/C14H21N3O3/c1-17-11(5-8-15-17)16-12(18)9-14(10-13(19)20)6-3-2-4-7-14/h5,8H,2-4,6-7,9-10H2,1H3,(H,16,18)(H,19,20)/p-1. The molecule has 6 nitrogen and oxygen atoms in total. The van der Waals surface area contributed by atoms with E-state index in [1.807, 2.05) is 0 Å². The van der Waals surface area contributed by atoms with Crippen LogP contribution in [0.3, 0.4) is 0 Å². The quantitative estimate of drug-likeness (QED) is 0.864. The molecule has 1 aromatic heterocycles. The number of carbonyl (C=O) groups is 2. The lowest BCUT2D eigenvalue weighted by Crippen LogP contribution is -2.37. The Hall–Kier alpha value is -1.85. The molecule has 0 saturated heterocycles. The van der Waals surface area contributed by atoms with Gasteiger partial charge in [-0.25, -0.2) is 0 Å². The molecule has 20 heavy (non-hydrogen) atoms. The highest BCUT2D eigenvalue weighted by atomic mass is 16.4. The topological polar surface area (TPSA) is 87.0 Å². The molecular formula is C14H20N3O3-. The van der Waals surface area contributed by atoms with Crippen molar-refractivity contribution in [3.05, 3.63) is 12.3 Å². The van der Waals surface area contributed by atoms with Crippen LogP contribution in [0.2, 0.25) is 0 Å². The first kappa shape index (κ1) is 14.6. The highest BCUT2D eigenvalue weighted by molar-refractivity contribution is 5.90. The first-order chi connectivity index (χ1) is 9.51. The normalized spacial score (nSPS) is 17.6. The third-order valence-electron chi connectivity index (χ3n) is 4.06. The molecule has 1 aliphatic rings. The van der Waals surface area contributed by atoms with Crippen LogP contribution in [0.1, 0.15) is 44.9 Å². The van der Waals surface area contributed by atoms with E-state index in [1.54, 1.807) is 24.0 Å². The molecule has 110 valence electrons. The minimum Gasteiger partial charge on any atom is -0.550 e.